The lowest BCUT2D eigenvalue weighted by Gasteiger charge is -2.03. The number of carbonyl (C=O) groups is 2. The number of nitrogens with one attached hydrogen (secondary N) is 1. The smallest absolute Gasteiger partial charge is 0.357 e. The quantitative estimate of drug-likeness (QED) is 0.720. The minimum atomic E-state index is -1.19. The number of aryl methyl sites for hydroxylation is 1. The Morgan fingerprint density at radius 2 is 2.11 bits per heavy atom. The molecule has 18 heavy (non-hydrogen) atoms. The lowest BCUT2D eigenvalue weighted by atomic mass is 10.2. The zero-order chi connectivity index (χ0) is 13.5. The number of aromatic nitrogens is 2. The Labute approximate surface area is 106 Å². The van der Waals surface area contributed by atoms with Gasteiger partial charge in [-0.05, 0) is 6.42 Å². The summed E-state index contributed by atoms with van der Waals surface area (Å²) in [5.41, 5.74) is -0.0935. The van der Waals surface area contributed by atoms with Gasteiger partial charge >= 0.3 is 5.97 Å². The van der Waals surface area contributed by atoms with Crippen molar-refractivity contribution in [2.45, 2.75) is 32.6 Å². The molecule has 0 bridgehead atoms. The molecule has 6 heteroatoms. The fraction of sp³-hybridized carbons (Fsp3) is 0.583. The van der Waals surface area contributed by atoms with Gasteiger partial charge in [0.1, 0.15) is 0 Å². The van der Waals surface area contributed by atoms with Gasteiger partial charge in [0.05, 0.1) is 5.56 Å². The highest BCUT2D eigenvalue weighted by Crippen LogP contribution is 2.06. The molecule has 6 nitrogen and oxygen atoms in total. The fourth-order valence-corrected chi connectivity index (χ4v) is 1.66. The maximum atomic E-state index is 11.8. The summed E-state index contributed by atoms with van der Waals surface area (Å²) in [4.78, 5) is 22.7. The molecule has 100 valence electrons. The summed E-state index contributed by atoms with van der Waals surface area (Å²) < 4.78 is 1.33. The molecule has 1 aromatic rings. The van der Waals surface area contributed by atoms with E-state index in [1.54, 1.807) is 7.05 Å². The van der Waals surface area contributed by atoms with E-state index in [2.05, 4.69) is 17.3 Å². The third-order valence-electron chi connectivity index (χ3n) is 2.59. The summed E-state index contributed by atoms with van der Waals surface area (Å²) in [6, 6.07) is 0. The third kappa shape index (κ3) is 3.87. The summed E-state index contributed by atoms with van der Waals surface area (Å²) in [7, 11) is 1.59. The van der Waals surface area contributed by atoms with Gasteiger partial charge in [-0.25, -0.2) is 4.79 Å². The minimum Gasteiger partial charge on any atom is -0.476 e. The van der Waals surface area contributed by atoms with E-state index in [4.69, 9.17) is 5.11 Å². The summed E-state index contributed by atoms with van der Waals surface area (Å²) >= 11 is 0. The van der Waals surface area contributed by atoms with Crippen LogP contribution in [0.3, 0.4) is 0 Å². The van der Waals surface area contributed by atoms with Crippen molar-refractivity contribution in [3.63, 3.8) is 0 Å². The molecule has 0 fully saturated rings. The van der Waals surface area contributed by atoms with Gasteiger partial charge in [-0.1, -0.05) is 26.2 Å². The SMILES string of the molecule is CCCCCCNC(=O)c1cn(C)nc1C(=O)O. The Morgan fingerprint density at radius 1 is 1.39 bits per heavy atom. The van der Waals surface area contributed by atoms with Crippen molar-refractivity contribution in [1.29, 1.82) is 0 Å². The third-order valence-corrected chi connectivity index (χ3v) is 2.59. The van der Waals surface area contributed by atoms with Crippen molar-refractivity contribution in [3.05, 3.63) is 17.5 Å². The van der Waals surface area contributed by atoms with Gasteiger partial charge < -0.3 is 10.4 Å². The van der Waals surface area contributed by atoms with Gasteiger partial charge in [0.15, 0.2) is 5.69 Å². The number of carbonyl (C=O) groups excluding carboxylic acids is 1. The average molecular weight is 253 g/mol. The Balaban J connectivity index is 2.53. The zero-order valence-electron chi connectivity index (χ0n) is 10.8. The number of carboxylic acid groups (broad SMARTS) is 1. The molecule has 1 aromatic heterocycles. The Bertz CT molecular complexity index is 426. The molecule has 1 rings (SSSR count). The summed E-state index contributed by atoms with van der Waals surface area (Å²) in [6.07, 6.45) is 5.67. The highest BCUT2D eigenvalue weighted by atomic mass is 16.4. The van der Waals surface area contributed by atoms with E-state index in [0.717, 1.165) is 25.7 Å². The molecule has 0 aliphatic heterocycles. The molecule has 1 amide bonds. The first-order valence-corrected chi connectivity index (χ1v) is 6.11. The fourth-order valence-electron chi connectivity index (χ4n) is 1.66. The molecular formula is C12H19N3O3. The minimum absolute atomic E-state index is 0.112. The standard InChI is InChI=1S/C12H19N3O3/c1-3-4-5-6-7-13-11(16)9-8-15(2)14-10(9)12(17)18/h8H,3-7H2,1-2H3,(H,13,16)(H,17,18). The number of amides is 1. The predicted octanol–water partition coefficient (Wildman–Crippen LogP) is 1.43. The van der Waals surface area contributed by atoms with Crippen LogP contribution in [0, 0.1) is 0 Å². The van der Waals surface area contributed by atoms with Crippen LogP contribution in [0.25, 0.3) is 0 Å². The second kappa shape index (κ2) is 6.78. The monoisotopic (exact) mass is 253 g/mol. The van der Waals surface area contributed by atoms with Crippen molar-refractivity contribution in [3.8, 4) is 0 Å². The van der Waals surface area contributed by atoms with E-state index in [1.807, 2.05) is 0 Å². The molecule has 0 unspecified atom stereocenters. The van der Waals surface area contributed by atoms with E-state index in [0.29, 0.717) is 6.54 Å². The van der Waals surface area contributed by atoms with E-state index >= 15 is 0 Å². The van der Waals surface area contributed by atoms with Crippen LogP contribution >= 0.6 is 0 Å². The summed E-state index contributed by atoms with van der Waals surface area (Å²) in [5, 5.41) is 15.4. The number of rotatable bonds is 7. The van der Waals surface area contributed by atoms with Gasteiger partial charge in [0.2, 0.25) is 0 Å². The number of hydrogen-bond acceptors (Lipinski definition) is 3. The van der Waals surface area contributed by atoms with Crippen LogP contribution in [0.15, 0.2) is 6.20 Å². The predicted molar refractivity (Wildman–Crippen MR) is 66.6 cm³/mol. The maximum absolute atomic E-state index is 11.8. The zero-order valence-corrected chi connectivity index (χ0v) is 10.8. The molecule has 0 spiro atoms. The molecule has 0 aliphatic carbocycles. The van der Waals surface area contributed by atoms with Crippen LogP contribution in [0.1, 0.15) is 53.5 Å². The van der Waals surface area contributed by atoms with Gasteiger partial charge in [0.25, 0.3) is 5.91 Å². The molecule has 0 saturated carbocycles. The van der Waals surface area contributed by atoms with Crippen LogP contribution in [0.2, 0.25) is 0 Å². The number of unbranched alkanes of at least 4 members (excludes halogenated alkanes) is 3. The molecule has 1 heterocycles. The Morgan fingerprint density at radius 3 is 2.72 bits per heavy atom. The number of hydrogen-bond donors (Lipinski definition) is 2. The van der Waals surface area contributed by atoms with Gasteiger partial charge in [-0.3, -0.25) is 9.48 Å². The first kappa shape index (κ1) is 14.2. The molecule has 0 aromatic carbocycles. The van der Waals surface area contributed by atoms with E-state index in [-0.39, 0.29) is 17.2 Å². The lowest BCUT2D eigenvalue weighted by molar-refractivity contribution is 0.0684. The second-order valence-corrected chi connectivity index (χ2v) is 4.19. The Hall–Kier alpha value is -1.85. The topological polar surface area (TPSA) is 84.2 Å². The number of nitrogens with zero attached hydrogens (tertiary/aromatic N) is 2. The molecule has 2 N–H and O–H groups in total. The summed E-state index contributed by atoms with van der Waals surface area (Å²) in [6.45, 7) is 2.68. The van der Waals surface area contributed by atoms with E-state index in [1.165, 1.54) is 10.9 Å². The number of carboxylic acids is 1. The van der Waals surface area contributed by atoms with Crippen molar-refractivity contribution >= 4 is 11.9 Å². The normalized spacial score (nSPS) is 10.3. The lowest BCUT2D eigenvalue weighted by Crippen LogP contribution is -2.25. The largest absolute Gasteiger partial charge is 0.476 e. The second-order valence-electron chi connectivity index (χ2n) is 4.19. The van der Waals surface area contributed by atoms with Crippen LogP contribution in [0.4, 0.5) is 0 Å². The number of aromatic carboxylic acids is 1. The molecule has 0 saturated heterocycles. The van der Waals surface area contributed by atoms with Crippen LogP contribution in [-0.2, 0) is 7.05 Å². The van der Waals surface area contributed by atoms with Gasteiger partial charge in [-0.2, -0.15) is 5.10 Å². The first-order chi connectivity index (χ1) is 8.56. The Kier molecular flexibility index (Phi) is 5.35. The molecule has 0 radical (unpaired) electrons. The molecule has 0 aliphatic rings. The molecular weight excluding hydrogens is 234 g/mol. The van der Waals surface area contributed by atoms with Crippen molar-refractivity contribution in [1.82, 2.24) is 15.1 Å². The van der Waals surface area contributed by atoms with Crippen LogP contribution < -0.4 is 5.32 Å². The van der Waals surface area contributed by atoms with Crippen LogP contribution in [-0.4, -0.2) is 33.3 Å². The van der Waals surface area contributed by atoms with E-state index < -0.39 is 5.97 Å². The molecule has 0 atom stereocenters. The van der Waals surface area contributed by atoms with Gasteiger partial charge in [0, 0.05) is 19.8 Å². The highest BCUT2D eigenvalue weighted by Gasteiger charge is 2.20. The first-order valence-electron chi connectivity index (χ1n) is 6.11. The maximum Gasteiger partial charge on any atom is 0.357 e. The van der Waals surface area contributed by atoms with Crippen molar-refractivity contribution in [2.75, 3.05) is 6.54 Å². The van der Waals surface area contributed by atoms with Crippen molar-refractivity contribution < 1.29 is 14.7 Å². The van der Waals surface area contributed by atoms with Gasteiger partial charge in [-0.15, -0.1) is 0 Å². The summed E-state index contributed by atoms with van der Waals surface area (Å²) in [5.74, 6) is -1.57. The highest BCUT2D eigenvalue weighted by molar-refractivity contribution is 6.03. The van der Waals surface area contributed by atoms with E-state index in [9.17, 15) is 9.59 Å². The van der Waals surface area contributed by atoms with Crippen LogP contribution in [0.5, 0.6) is 0 Å². The average Bonchev–Trinajstić information content (AvgIpc) is 2.71. The van der Waals surface area contributed by atoms with Crippen molar-refractivity contribution in [2.24, 2.45) is 7.05 Å².